The number of carbonyl (C=O) groups is 1. The monoisotopic (exact) mass is 586 g/mol. The molecule has 0 radical (unpaired) electrons. The number of halogens is 3. The quantitative estimate of drug-likeness (QED) is 0.112. The molecule has 0 fully saturated rings. The third-order valence-electron chi connectivity index (χ3n) is 7.60. The van der Waals surface area contributed by atoms with Crippen LogP contribution in [0.15, 0.2) is 42.5 Å². The zero-order valence-corrected chi connectivity index (χ0v) is 25.1. The van der Waals surface area contributed by atoms with Crippen LogP contribution in [-0.4, -0.2) is 31.5 Å². The second kappa shape index (κ2) is 17.7. The van der Waals surface area contributed by atoms with Gasteiger partial charge in [0, 0.05) is 5.56 Å². The molecule has 2 aromatic carbocycles. The van der Waals surface area contributed by atoms with Crippen molar-refractivity contribution in [3.05, 3.63) is 59.2 Å². The summed E-state index contributed by atoms with van der Waals surface area (Å²) in [7, 11) is 0. The van der Waals surface area contributed by atoms with E-state index >= 15 is 0 Å². The Labute approximate surface area is 249 Å². The van der Waals surface area contributed by atoms with Crippen molar-refractivity contribution in [1.82, 2.24) is 0 Å². The van der Waals surface area contributed by atoms with Crippen LogP contribution < -0.4 is 9.47 Å². The second-order valence-corrected chi connectivity index (χ2v) is 11.1. The van der Waals surface area contributed by atoms with Crippen LogP contribution in [0.4, 0.5) is 13.2 Å². The van der Waals surface area contributed by atoms with Crippen LogP contribution in [0.3, 0.4) is 0 Å². The van der Waals surface area contributed by atoms with E-state index in [2.05, 4.69) is 18.8 Å². The summed E-state index contributed by atoms with van der Waals surface area (Å²) in [4.78, 5) is 12.5. The van der Waals surface area contributed by atoms with Crippen molar-refractivity contribution in [2.24, 2.45) is 5.92 Å². The lowest BCUT2D eigenvalue weighted by Gasteiger charge is -2.27. The van der Waals surface area contributed by atoms with Gasteiger partial charge in [0.15, 0.2) is 6.10 Å². The maximum absolute atomic E-state index is 13.3. The van der Waals surface area contributed by atoms with Crippen LogP contribution in [-0.2, 0) is 22.4 Å². The lowest BCUT2D eigenvalue weighted by molar-refractivity contribution is -0.225. The minimum Gasteiger partial charge on any atom is -0.494 e. The third kappa shape index (κ3) is 11.6. The number of alkyl halides is 3. The minimum atomic E-state index is -4.54. The number of rotatable bonds is 16. The highest BCUT2D eigenvalue weighted by atomic mass is 19.4. The lowest BCUT2D eigenvalue weighted by Crippen LogP contribution is -2.37. The fraction of sp³-hybridized carbons (Fsp3) is 0.571. The summed E-state index contributed by atoms with van der Waals surface area (Å²) in [6.07, 6.45) is 4.39. The van der Waals surface area contributed by atoms with Gasteiger partial charge in [-0.05, 0) is 86.1 Å². The molecule has 0 heterocycles. The maximum atomic E-state index is 13.3. The molecule has 0 saturated heterocycles. The van der Waals surface area contributed by atoms with Crippen molar-refractivity contribution >= 4 is 5.97 Å². The molecule has 0 saturated carbocycles. The largest absolute Gasteiger partial charge is 0.494 e. The second-order valence-electron chi connectivity index (χ2n) is 11.1. The van der Waals surface area contributed by atoms with Crippen molar-refractivity contribution in [2.45, 2.75) is 110 Å². The van der Waals surface area contributed by atoms with Crippen LogP contribution in [0.2, 0.25) is 0 Å². The van der Waals surface area contributed by atoms with Gasteiger partial charge in [0.05, 0.1) is 12.5 Å². The van der Waals surface area contributed by atoms with Crippen molar-refractivity contribution in [1.29, 1.82) is 0 Å². The van der Waals surface area contributed by atoms with E-state index < -0.39 is 24.2 Å². The number of unbranched alkanes of at least 4 members (excludes halogenated alkanes) is 7. The van der Waals surface area contributed by atoms with Crippen molar-refractivity contribution in [2.75, 3.05) is 13.2 Å². The summed E-state index contributed by atoms with van der Waals surface area (Å²) in [6.45, 7) is 5.00. The molecular formula is C35H45F3O4. The molecule has 0 spiro atoms. The Morgan fingerprint density at radius 3 is 2.29 bits per heavy atom. The Bertz CT molecular complexity index is 1150. The number of esters is 1. The van der Waals surface area contributed by atoms with Crippen molar-refractivity contribution in [3.8, 4) is 23.3 Å². The van der Waals surface area contributed by atoms with Gasteiger partial charge >= 0.3 is 12.1 Å². The average Bonchev–Trinajstić information content (AvgIpc) is 2.98. The Morgan fingerprint density at radius 1 is 0.881 bits per heavy atom. The van der Waals surface area contributed by atoms with E-state index in [1.165, 1.54) is 38.5 Å². The smallest absolute Gasteiger partial charge is 0.425 e. The summed E-state index contributed by atoms with van der Waals surface area (Å²) in [5.41, 5.74) is 2.86. The molecule has 230 valence electrons. The Hall–Kier alpha value is -3.14. The Kier molecular flexibility index (Phi) is 14.1. The molecule has 3 rings (SSSR count). The number of benzene rings is 2. The number of ether oxygens (including phenoxy) is 3. The third-order valence-corrected chi connectivity index (χ3v) is 7.60. The van der Waals surface area contributed by atoms with Gasteiger partial charge < -0.3 is 14.2 Å². The standard InChI is InChI=1S/C35H45F3O4/c1-3-5-7-8-9-10-11-23-40-31-20-15-27(16-21-31)13-12-24-41-32-22-19-28-25-30(18-17-29(28)26-32)34(39)42-33(14-6-4-2)35(36,37)38/h15-16,19-22,26,30,33H,3-11,14,17-18,23-25H2,1-2H3/t30?,33-/m1/s1. The molecular weight excluding hydrogens is 541 g/mol. The van der Waals surface area contributed by atoms with Gasteiger partial charge in [0.2, 0.25) is 0 Å². The molecule has 2 atom stereocenters. The topological polar surface area (TPSA) is 44.8 Å². The van der Waals surface area contributed by atoms with E-state index in [0.717, 1.165) is 35.5 Å². The van der Waals surface area contributed by atoms with E-state index in [1.807, 2.05) is 49.4 Å². The highest BCUT2D eigenvalue weighted by Crippen LogP contribution is 2.32. The summed E-state index contributed by atoms with van der Waals surface area (Å²) in [5, 5.41) is 0. The number of hydrogen-bond acceptors (Lipinski definition) is 4. The van der Waals surface area contributed by atoms with Gasteiger partial charge in [-0.2, -0.15) is 13.2 Å². The summed E-state index contributed by atoms with van der Waals surface area (Å²) >= 11 is 0. The molecule has 1 aliphatic carbocycles. The van der Waals surface area contributed by atoms with Gasteiger partial charge in [0.1, 0.15) is 18.1 Å². The molecule has 1 aliphatic rings. The van der Waals surface area contributed by atoms with E-state index in [1.54, 1.807) is 0 Å². The van der Waals surface area contributed by atoms with E-state index in [9.17, 15) is 18.0 Å². The molecule has 0 N–H and O–H groups in total. The van der Waals surface area contributed by atoms with Crippen LogP contribution >= 0.6 is 0 Å². The highest BCUT2D eigenvalue weighted by Gasteiger charge is 2.43. The SMILES string of the molecule is CCCCCCCCCOc1ccc(C#CCOc2ccc3c(c2)CCC(C(=O)O[C@H](CCCC)C(F)(F)F)C3)cc1. The fourth-order valence-corrected chi connectivity index (χ4v) is 5.08. The summed E-state index contributed by atoms with van der Waals surface area (Å²) < 4.78 is 56.4. The van der Waals surface area contributed by atoms with E-state index in [-0.39, 0.29) is 13.0 Å². The van der Waals surface area contributed by atoms with Gasteiger partial charge in [-0.1, -0.05) is 76.7 Å². The zero-order chi connectivity index (χ0) is 30.2. The normalized spacial score (nSPS) is 15.2. The molecule has 0 aliphatic heterocycles. The first-order valence-electron chi connectivity index (χ1n) is 15.5. The molecule has 4 nitrogen and oxygen atoms in total. The Morgan fingerprint density at radius 2 is 1.57 bits per heavy atom. The predicted octanol–water partition coefficient (Wildman–Crippen LogP) is 9.02. The number of carbonyl (C=O) groups excluding carboxylic acids is 1. The first-order chi connectivity index (χ1) is 20.3. The molecule has 0 aromatic heterocycles. The minimum absolute atomic E-state index is 0.197. The molecule has 0 amide bonds. The van der Waals surface area contributed by atoms with Gasteiger partial charge in [-0.3, -0.25) is 4.79 Å². The fourth-order valence-electron chi connectivity index (χ4n) is 5.08. The average molecular weight is 587 g/mol. The molecule has 0 bridgehead atoms. The number of hydrogen-bond donors (Lipinski definition) is 0. The summed E-state index contributed by atoms with van der Waals surface area (Å²) in [5.74, 6) is 6.33. The first kappa shape index (κ1) is 33.4. The van der Waals surface area contributed by atoms with Crippen LogP contribution in [0.25, 0.3) is 0 Å². The predicted molar refractivity (Wildman–Crippen MR) is 160 cm³/mol. The van der Waals surface area contributed by atoms with Gasteiger partial charge in [0.25, 0.3) is 0 Å². The lowest BCUT2D eigenvalue weighted by atomic mass is 9.84. The number of fused-ring (bicyclic) bond motifs is 1. The molecule has 42 heavy (non-hydrogen) atoms. The van der Waals surface area contributed by atoms with E-state index in [4.69, 9.17) is 14.2 Å². The first-order valence-corrected chi connectivity index (χ1v) is 15.5. The zero-order valence-electron chi connectivity index (χ0n) is 25.1. The van der Waals surface area contributed by atoms with Gasteiger partial charge in [-0.15, -0.1) is 0 Å². The van der Waals surface area contributed by atoms with Crippen LogP contribution in [0, 0.1) is 17.8 Å². The summed E-state index contributed by atoms with van der Waals surface area (Å²) in [6, 6.07) is 13.4. The highest BCUT2D eigenvalue weighted by molar-refractivity contribution is 5.73. The van der Waals surface area contributed by atoms with Crippen LogP contribution in [0.1, 0.15) is 101 Å². The molecule has 2 aromatic rings. The Balaban J connectivity index is 1.40. The molecule has 1 unspecified atom stereocenters. The van der Waals surface area contributed by atoms with Crippen LogP contribution in [0.5, 0.6) is 11.5 Å². The molecule has 7 heteroatoms. The van der Waals surface area contributed by atoms with E-state index in [0.29, 0.717) is 37.9 Å². The van der Waals surface area contributed by atoms with Crippen molar-refractivity contribution in [3.63, 3.8) is 0 Å². The maximum Gasteiger partial charge on any atom is 0.425 e. The van der Waals surface area contributed by atoms with Crippen molar-refractivity contribution < 1.29 is 32.2 Å². The van der Waals surface area contributed by atoms with Gasteiger partial charge in [-0.25, -0.2) is 0 Å². The number of aryl methyl sites for hydroxylation is 1.